The summed E-state index contributed by atoms with van der Waals surface area (Å²) in [6.07, 6.45) is 2.44. The van der Waals surface area contributed by atoms with Crippen LogP contribution in [-0.4, -0.2) is 43.3 Å². The molecule has 0 saturated carbocycles. The third-order valence-corrected chi connectivity index (χ3v) is 6.27. The molecule has 1 heterocycles. The van der Waals surface area contributed by atoms with Crippen molar-refractivity contribution in [2.24, 2.45) is 0 Å². The van der Waals surface area contributed by atoms with Crippen LogP contribution in [0.25, 0.3) is 10.8 Å². The van der Waals surface area contributed by atoms with Crippen LogP contribution in [0.15, 0.2) is 55.1 Å². The quantitative estimate of drug-likeness (QED) is 0.784. The number of rotatable bonds is 5. The third kappa shape index (κ3) is 3.51. The molecule has 126 valence electrons. The zero-order chi connectivity index (χ0) is 17.2. The van der Waals surface area contributed by atoms with Gasteiger partial charge >= 0.3 is 0 Å². The first-order chi connectivity index (χ1) is 11.5. The minimum atomic E-state index is -3.03. The largest absolute Gasteiger partial charge is 0.335 e. The summed E-state index contributed by atoms with van der Waals surface area (Å²) in [7, 11) is -3.03. The lowest BCUT2D eigenvalue weighted by molar-refractivity contribution is -0.131. The van der Waals surface area contributed by atoms with Crippen LogP contribution < -0.4 is 0 Å². The van der Waals surface area contributed by atoms with Gasteiger partial charge in [-0.25, -0.2) is 8.42 Å². The topological polar surface area (TPSA) is 54.5 Å². The molecule has 0 unspecified atom stereocenters. The number of carbonyl (C=O) groups excluding carboxylic acids is 1. The molecule has 1 amide bonds. The standard InChI is InChI=1S/C19H21NO3S/c1-2-11-20(17-10-12-24(22,23)14-17)19(21)13-16-8-5-7-15-6-3-4-9-18(15)16/h2-9,17H,1,10-14H2/t17-/m0/s1. The van der Waals surface area contributed by atoms with Gasteiger partial charge in [-0.2, -0.15) is 0 Å². The molecule has 3 rings (SSSR count). The van der Waals surface area contributed by atoms with Crippen LogP contribution in [-0.2, 0) is 21.1 Å². The van der Waals surface area contributed by atoms with Crippen LogP contribution >= 0.6 is 0 Å². The molecule has 1 fully saturated rings. The Balaban J connectivity index is 1.84. The van der Waals surface area contributed by atoms with E-state index in [-0.39, 0.29) is 29.9 Å². The predicted molar refractivity (Wildman–Crippen MR) is 96.6 cm³/mol. The van der Waals surface area contributed by atoms with E-state index in [4.69, 9.17) is 0 Å². The summed E-state index contributed by atoms with van der Waals surface area (Å²) in [5, 5.41) is 2.16. The fraction of sp³-hybridized carbons (Fsp3) is 0.316. The van der Waals surface area contributed by atoms with E-state index in [1.165, 1.54) is 0 Å². The molecule has 0 aliphatic carbocycles. The third-order valence-electron chi connectivity index (χ3n) is 4.52. The molecule has 0 radical (unpaired) electrons. The van der Waals surface area contributed by atoms with Crippen LogP contribution in [0.3, 0.4) is 0 Å². The second-order valence-corrected chi connectivity index (χ2v) is 8.44. The Kier molecular flexibility index (Phi) is 4.71. The second kappa shape index (κ2) is 6.77. The highest BCUT2D eigenvalue weighted by Gasteiger charge is 2.34. The highest BCUT2D eigenvalue weighted by atomic mass is 32.2. The molecular weight excluding hydrogens is 322 g/mol. The fourth-order valence-corrected chi connectivity index (χ4v) is 5.06. The molecular formula is C19H21NO3S. The summed E-state index contributed by atoms with van der Waals surface area (Å²) in [6, 6.07) is 13.7. The summed E-state index contributed by atoms with van der Waals surface area (Å²) in [5.74, 6) is 0.169. The molecule has 1 saturated heterocycles. The maximum Gasteiger partial charge on any atom is 0.227 e. The molecule has 5 heteroatoms. The van der Waals surface area contributed by atoms with Crippen molar-refractivity contribution in [2.45, 2.75) is 18.9 Å². The molecule has 1 aliphatic heterocycles. The lowest BCUT2D eigenvalue weighted by Crippen LogP contribution is -2.42. The van der Waals surface area contributed by atoms with E-state index >= 15 is 0 Å². The van der Waals surface area contributed by atoms with Crippen molar-refractivity contribution in [3.8, 4) is 0 Å². The maximum atomic E-state index is 12.8. The molecule has 0 bridgehead atoms. The summed E-state index contributed by atoms with van der Waals surface area (Å²) in [5.41, 5.74) is 0.966. The van der Waals surface area contributed by atoms with Gasteiger partial charge in [0.2, 0.25) is 5.91 Å². The van der Waals surface area contributed by atoms with Gasteiger partial charge < -0.3 is 4.90 Å². The lowest BCUT2D eigenvalue weighted by Gasteiger charge is -2.27. The zero-order valence-corrected chi connectivity index (χ0v) is 14.3. The van der Waals surface area contributed by atoms with Crippen molar-refractivity contribution in [3.63, 3.8) is 0 Å². The first-order valence-electron chi connectivity index (χ1n) is 8.07. The van der Waals surface area contributed by atoms with Crippen molar-refractivity contribution < 1.29 is 13.2 Å². The molecule has 1 atom stereocenters. The van der Waals surface area contributed by atoms with E-state index in [1.807, 2.05) is 42.5 Å². The number of benzene rings is 2. The first kappa shape index (κ1) is 16.7. The summed E-state index contributed by atoms with van der Waals surface area (Å²) < 4.78 is 23.5. The Labute approximate surface area is 142 Å². The normalized spacial score (nSPS) is 19.2. The predicted octanol–water partition coefficient (Wildman–Crippen LogP) is 2.58. The van der Waals surface area contributed by atoms with Gasteiger partial charge in [0.15, 0.2) is 9.84 Å². The summed E-state index contributed by atoms with van der Waals surface area (Å²) in [4.78, 5) is 14.5. The van der Waals surface area contributed by atoms with Gasteiger partial charge in [-0.3, -0.25) is 4.79 Å². The average molecular weight is 343 g/mol. The fourth-order valence-electron chi connectivity index (χ4n) is 3.33. The molecule has 4 nitrogen and oxygen atoms in total. The molecule has 1 aliphatic rings. The van der Waals surface area contributed by atoms with E-state index < -0.39 is 9.84 Å². The van der Waals surface area contributed by atoms with E-state index in [0.29, 0.717) is 13.0 Å². The molecule has 2 aromatic carbocycles. The van der Waals surface area contributed by atoms with E-state index in [1.54, 1.807) is 11.0 Å². The average Bonchev–Trinajstić information content (AvgIpc) is 2.92. The first-order valence-corrected chi connectivity index (χ1v) is 9.90. The second-order valence-electron chi connectivity index (χ2n) is 6.21. The molecule has 0 N–H and O–H groups in total. The van der Waals surface area contributed by atoms with Crippen molar-refractivity contribution >= 4 is 26.5 Å². The molecule has 24 heavy (non-hydrogen) atoms. The van der Waals surface area contributed by atoms with Crippen molar-refractivity contribution in [1.82, 2.24) is 4.90 Å². The minimum absolute atomic E-state index is 0.0478. The van der Waals surface area contributed by atoms with Crippen LogP contribution in [0.5, 0.6) is 0 Å². The van der Waals surface area contributed by atoms with E-state index in [2.05, 4.69) is 6.58 Å². The maximum absolute atomic E-state index is 12.8. The van der Waals surface area contributed by atoms with E-state index in [0.717, 1.165) is 16.3 Å². The number of amides is 1. The van der Waals surface area contributed by atoms with Gasteiger partial charge in [-0.1, -0.05) is 48.5 Å². The summed E-state index contributed by atoms with van der Waals surface area (Å²) >= 11 is 0. The smallest absolute Gasteiger partial charge is 0.227 e. The Morgan fingerprint density at radius 2 is 1.96 bits per heavy atom. The number of sulfone groups is 1. The number of fused-ring (bicyclic) bond motifs is 1. The van der Waals surface area contributed by atoms with Crippen LogP contribution in [0.2, 0.25) is 0 Å². The Bertz CT molecular complexity index is 868. The van der Waals surface area contributed by atoms with Crippen LogP contribution in [0.1, 0.15) is 12.0 Å². The van der Waals surface area contributed by atoms with Crippen molar-refractivity contribution in [2.75, 3.05) is 18.1 Å². The van der Waals surface area contributed by atoms with Crippen LogP contribution in [0, 0.1) is 0 Å². The number of hydrogen-bond donors (Lipinski definition) is 0. The number of carbonyl (C=O) groups is 1. The van der Waals surface area contributed by atoms with Gasteiger partial charge in [-0.15, -0.1) is 6.58 Å². The molecule has 2 aromatic rings. The highest BCUT2D eigenvalue weighted by Crippen LogP contribution is 2.22. The monoisotopic (exact) mass is 343 g/mol. The number of hydrogen-bond acceptors (Lipinski definition) is 3. The van der Waals surface area contributed by atoms with Gasteiger partial charge in [0.05, 0.1) is 17.9 Å². The van der Waals surface area contributed by atoms with Gasteiger partial charge in [0, 0.05) is 12.6 Å². The van der Waals surface area contributed by atoms with Gasteiger partial charge in [0.25, 0.3) is 0 Å². The Morgan fingerprint density at radius 1 is 1.21 bits per heavy atom. The van der Waals surface area contributed by atoms with Gasteiger partial charge in [-0.05, 0) is 22.8 Å². The Hall–Kier alpha value is -2.14. The molecule has 0 aromatic heterocycles. The zero-order valence-electron chi connectivity index (χ0n) is 13.5. The summed E-state index contributed by atoms with van der Waals surface area (Å²) in [6.45, 7) is 4.08. The highest BCUT2D eigenvalue weighted by molar-refractivity contribution is 7.91. The minimum Gasteiger partial charge on any atom is -0.335 e. The molecule has 0 spiro atoms. The Morgan fingerprint density at radius 3 is 2.67 bits per heavy atom. The SMILES string of the molecule is C=CCN(C(=O)Cc1cccc2ccccc12)[C@H]1CCS(=O)(=O)C1. The van der Waals surface area contributed by atoms with Crippen molar-refractivity contribution in [1.29, 1.82) is 0 Å². The van der Waals surface area contributed by atoms with Gasteiger partial charge in [0.1, 0.15) is 0 Å². The lowest BCUT2D eigenvalue weighted by atomic mass is 10.0. The number of nitrogens with zero attached hydrogens (tertiary/aromatic N) is 1. The van der Waals surface area contributed by atoms with Crippen molar-refractivity contribution in [3.05, 3.63) is 60.7 Å². The van der Waals surface area contributed by atoms with Crippen LogP contribution in [0.4, 0.5) is 0 Å². The van der Waals surface area contributed by atoms with E-state index in [9.17, 15) is 13.2 Å².